The number of aliphatic carboxylic acids is 1. The van der Waals surface area contributed by atoms with Crippen LogP contribution in [-0.4, -0.2) is 41.9 Å². The van der Waals surface area contributed by atoms with Crippen LogP contribution in [0.15, 0.2) is 30.7 Å². The predicted octanol–water partition coefficient (Wildman–Crippen LogP) is 2.04. The van der Waals surface area contributed by atoms with Gasteiger partial charge in [-0.15, -0.1) is 0 Å². The minimum absolute atomic E-state index is 0.0941. The zero-order valence-corrected chi connectivity index (χ0v) is 13.1. The molecule has 3 rings (SSSR count). The summed E-state index contributed by atoms with van der Waals surface area (Å²) < 4.78 is 3.40. The van der Waals surface area contributed by atoms with Crippen LogP contribution in [0.5, 0.6) is 0 Å². The first-order chi connectivity index (χ1) is 11.0. The van der Waals surface area contributed by atoms with E-state index in [9.17, 15) is 4.79 Å². The molecule has 0 aliphatic heterocycles. The number of nitrogens with zero attached hydrogens (tertiary/aromatic N) is 5. The van der Waals surface area contributed by atoms with Crippen molar-refractivity contribution in [2.75, 3.05) is 11.9 Å². The Morgan fingerprint density at radius 3 is 2.96 bits per heavy atom. The number of hydrogen-bond donors (Lipinski definition) is 2. The Morgan fingerprint density at radius 2 is 2.26 bits per heavy atom. The summed E-state index contributed by atoms with van der Waals surface area (Å²) in [7, 11) is 0. The highest BCUT2D eigenvalue weighted by Gasteiger charge is 2.14. The lowest BCUT2D eigenvalue weighted by Gasteiger charge is -2.15. The van der Waals surface area contributed by atoms with Crippen molar-refractivity contribution in [2.45, 2.75) is 19.5 Å². The second-order valence-electron chi connectivity index (χ2n) is 5.13. The number of hydrogen-bond acceptors (Lipinski definition) is 5. The Bertz CT molecular complexity index is 829. The highest BCUT2D eigenvalue weighted by atomic mass is 35.5. The molecule has 0 spiro atoms. The molecule has 0 bridgehead atoms. The van der Waals surface area contributed by atoms with Crippen molar-refractivity contribution in [3.63, 3.8) is 0 Å². The van der Waals surface area contributed by atoms with Crippen LogP contribution in [0.3, 0.4) is 0 Å². The summed E-state index contributed by atoms with van der Waals surface area (Å²) in [5.41, 5.74) is 1.21. The molecule has 0 aliphatic carbocycles. The molecule has 0 radical (unpaired) electrons. The number of fused-ring (bicyclic) bond motifs is 1. The topological polar surface area (TPSA) is 97.9 Å². The van der Waals surface area contributed by atoms with Crippen LogP contribution in [0.4, 0.5) is 5.82 Å². The number of carboxylic acid groups (broad SMARTS) is 1. The Balaban J connectivity index is 1.89. The van der Waals surface area contributed by atoms with E-state index in [-0.39, 0.29) is 17.9 Å². The maximum atomic E-state index is 11.0. The van der Waals surface area contributed by atoms with E-state index >= 15 is 0 Å². The lowest BCUT2D eigenvalue weighted by molar-refractivity contribution is -0.137. The van der Waals surface area contributed by atoms with Crippen molar-refractivity contribution in [2.24, 2.45) is 0 Å². The van der Waals surface area contributed by atoms with E-state index < -0.39 is 5.97 Å². The molecule has 3 aromatic rings. The molecule has 120 valence electrons. The highest BCUT2D eigenvalue weighted by Crippen LogP contribution is 2.24. The molecule has 0 fully saturated rings. The van der Waals surface area contributed by atoms with Gasteiger partial charge in [0.2, 0.25) is 5.28 Å². The van der Waals surface area contributed by atoms with Crippen molar-refractivity contribution in [3.8, 4) is 0 Å². The van der Waals surface area contributed by atoms with E-state index in [4.69, 9.17) is 16.7 Å². The number of halogens is 1. The minimum Gasteiger partial charge on any atom is -0.480 e. The van der Waals surface area contributed by atoms with Crippen molar-refractivity contribution in [1.82, 2.24) is 24.3 Å². The summed E-state index contributed by atoms with van der Waals surface area (Å²) >= 11 is 5.95. The summed E-state index contributed by atoms with van der Waals surface area (Å²) in [6.45, 7) is 2.40. The van der Waals surface area contributed by atoms with Crippen molar-refractivity contribution in [3.05, 3.63) is 36.0 Å². The molecule has 23 heavy (non-hydrogen) atoms. The zero-order valence-electron chi connectivity index (χ0n) is 12.3. The number of aromatic nitrogens is 5. The van der Waals surface area contributed by atoms with Gasteiger partial charge in [-0.3, -0.25) is 9.48 Å². The van der Waals surface area contributed by atoms with E-state index in [1.54, 1.807) is 23.0 Å². The standard InChI is InChI=1S/C14H15ClN6O2/c1-9(21-5-2-4-17-21)7-16-13-12-10(18-14(15)19-13)3-6-20(12)8-11(22)23/h2-6,9H,7-8H2,1H3,(H,22,23)(H,16,18,19). The van der Waals surface area contributed by atoms with E-state index in [1.165, 1.54) is 0 Å². The Morgan fingerprint density at radius 1 is 1.43 bits per heavy atom. The van der Waals surface area contributed by atoms with Crippen LogP contribution in [0.25, 0.3) is 11.0 Å². The molecular weight excluding hydrogens is 320 g/mol. The normalized spacial score (nSPS) is 12.4. The summed E-state index contributed by atoms with van der Waals surface area (Å²) in [6, 6.07) is 3.67. The molecule has 0 saturated heterocycles. The first-order valence-corrected chi connectivity index (χ1v) is 7.39. The molecule has 0 aromatic carbocycles. The van der Waals surface area contributed by atoms with Gasteiger partial charge in [0.1, 0.15) is 12.1 Å². The summed E-state index contributed by atoms with van der Waals surface area (Å²) in [5.74, 6) is -0.432. The molecule has 2 N–H and O–H groups in total. The second-order valence-corrected chi connectivity index (χ2v) is 5.47. The van der Waals surface area contributed by atoms with Crippen molar-refractivity contribution < 1.29 is 9.90 Å². The average Bonchev–Trinajstić information content (AvgIpc) is 3.14. The van der Waals surface area contributed by atoms with Crippen LogP contribution in [0.1, 0.15) is 13.0 Å². The fraction of sp³-hybridized carbons (Fsp3) is 0.286. The molecule has 1 unspecified atom stereocenters. The molecule has 3 heterocycles. The van der Waals surface area contributed by atoms with Gasteiger partial charge in [0.15, 0.2) is 5.82 Å². The molecule has 9 heteroatoms. The lowest BCUT2D eigenvalue weighted by Crippen LogP contribution is -2.18. The summed E-state index contributed by atoms with van der Waals surface area (Å²) in [5, 5.41) is 16.5. The number of nitrogens with one attached hydrogen (secondary N) is 1. The lowest BCUT2D eigenvalue weighted by atomic mass is 10.3. The summed E-state index contributed by atoms with van der Waals surface area (Å²) in [4.78, 5) is 19.3. The van der Waals surface area contributed by atoms with Gasteiger partial charge in [0.25, 0.3) is 0 Å². The molecule has 0 amide bonds. The fourth-order valence-corrected chi connectivity index (χ4v) is 2.53. The number of rotatable bonds is 6. The number of carboxylic acids is 1. The maximum Gasteiger partial charge on any atom is 0.323 e. The second kappa shape index (κ2) is 6.25. The smallest absolute Gasteiger partial charge is 0.323 e. The SMILES string of the molecule is CC(CNc1nc(Cl)nc2ccn(CC(=O)O)c12)n1cccn1. The third kappa shape index (κ3) is 3.26. The zero-order chi connectivity index (χ0) is 16.4. The highest BCUT2D eigenvalue weighted by molar-refractivity contribution is 6.28. The molecule has 0 aliphatic rings. The van der Waals surface area contributed by atoms with Crippen molar-refractivity contribution >= 4 is 34.4 Å². The first-order valence-electron chi connectivity index (χ1n) is 7.02. The largest absolute Gasteiger partial charge is 0.480 e. The van der Waals surface area contributed by atoms with E-state index in [2.05, 4.69) is 20.4 Å². The first kappa shape index (κ1) is 15.3. The van der Waals surface area contributed by atoms with Gasteiger partial charge >= 0.3 is 5.97 Å². The molecule has 8 nitrogen and oxygen atoms in total. The third-order valence-corrected chi connectivity index (χ3v) is 3.60. The minimum atomic E-state index is -0.937. The van der Waals surface area contributed by atoms with Crippen LogP contribution in [0.2, 0.25) is 5.28 Å². The van der Waals surface area contributed by atoms with E-state index in [0.717, 1.165) is 0 Å². The van der Waals surface area contributed by atoms with Gasteiger partial charge in [-0.25, -0.2) is 4.98 Å². The third-order valence-electron chi connectivity index (χ3n) is 3.43. The fourth-order valence-electron chi connectivity index (χ4n) is 2.36. The Hall–Kier alpha value is -2.61. The monoisotopic (exact) mass is 334 g/mol. The Labute approximate surface area is 136 Å². The van der Waals surface area contributed by atoms with Crippen LogP contribution in [-0.2, 0) is 11.3 Å². The maximum absolute atomic E-state index is 11.0. The van der Waals surface area contributed by atoms with Crippen LogP contribution >= 0.6 is 11.6 Å². The van der Waals surface area contributed by atoms with E-state index in [1.807, 2.05) is 23.9 Å². The van der Waals surface area contributed by atoms with Gasteiger partial charge in [0, 0.05) is 25.1 Å². The Kier molecular flexibility index (Phi) is 4.16. The molecule has 3 aromatic heterocycles. The number of carbonyl (C=O) groups is 1. The van der Waals surface area contributed by atoms with Gasteiger partial charge < -0.3 is 15.0 Å². The van der Waals surface area contributed by atoms with Gasteiger partial charge in [0.05, 0.1) is 11.6 Å². The van der Waals surface area contributed by atoms with Crippen molar-refractivity contribution in [1.29, 1.82) is 0 Å². The predicted molar refractivity (Wildman–Crippen MR) is 85.6 cm³/mol. The molecular formula is C14H15ClN6O2. The quantitative estimate of drug-likeness (QED) is 0.669. The van der Waals surface area contributed by atoms with Crippen LogP contribution in [0, 0.1) is 0 Å². The van der Waals surface area contributed by atoms with E-state index in [0.29, 0.717) is 23.4 Å². The van der Waals surface area contributed by atoms with Gasteiger partial charge in [-0.2, -0.15) is 10.1 Å². The van der Waals surface area contributed by atoms with Gasteiger partial charge in [-0.1, -0.05) is 0 Å². The molecule has 0 saturated carbocycles. The van der Waals surface area contributed by atoms with Crippen LogP contribution < -0.4 is 5.32 Å². The molecule has 1 atom stereocenters. The summed E-state index contributed by atoms with van der Waals surface area (Å²) in [6.07, 6.45) is 5.25. The number of anilines is 1. The van der Waals surface area contributed by atoms with Gasteiger partial charge in [-0.05, 0) is 30.7 Å². The average molecular weight is 335 g/mol.